The highest BCUT2D eigenvalue weighted by Gasteiger charge is 2.53. The molecule has 0 aliphatic carbocycles. The number of carbonyl (C=O) groups is 1. The third-order valence-corrected chi connectivity index (χ3v) is 13.7. The van der Waals surface area contributed by atoms with Crippen molar-refractivity contribution in [3.63, 3.8) is 0 Å². The molecule has 0 N–H and O–H groups in total. The SMILES string of the molecule is C[C@H]1OC(OC(C(C=O)O[Si](C)(C)C)C(O[Si](C)(C)C)C(CO[Si](C)(C)C)O[Si](C)(C)C)[C@H](O[Si](C)(C)C)[C@@H](O[Si](C)(C)C)[C@@H]1O[Si](C)(C)C. The Kier molecular flexibility index (Phi) is 17.8. The minimum absolute atomic E-state index is 0.317. The van der Waals surface area contributed by atoms with Gasteiger partial charge in [-0.2, -0.15) is 0 Å². The Balaban J connectivity index is 4.07. The van der Waals surface area contributed by atoms with Gasteiger partial charge in [0.25, 0.3) is 0 Å². The molecule has 1 aliphatic heterocycles. The Bertz CT molecular complexity index is 1040. The smallest absolute Gasteiger partial charge is 0.186 e. The minimum atomic E-state index is -2.28. The lowest BCUT2D eigenvalue weighted by molar-refractivity contribution is -0.308. The van der Waals surface area contributed by atoms with E-state index in [1.54, 1.807) is 0 Å². The van der Waals surface area contributed by atoms with Gasteiger partial charge in [0.15, 0.2) is 64.5 Å². The van der Waals surface area contributed by atoms with Crippen LogP contribution in [-0.4, -0.2) is 126 Å². The fraction of sp³-hybridized carbons (Fsp3) is 0.970. The van der Waals surface area contributed by atoms with E-state index in [4.69, 9.17) is 40.5 Å². The van der Waals surface area contributed by atoms with Gasteiger partial charge in [0.05, 0.1) is 24.9 Å². The van der Waals surface area contributed by atoms with Gasteiger partial charge in [0.1, 0.15) is 36.8 Å². The summed E-state index contributed by atoms with van der Waals surface area (Å²) in [6, 6.07) is 0. The Morgan fingerprint density at radius 3 is 1.32 bits per heavy atom. The number of carbonyl (C=O) groups excluding carboxylic acids is 1. The molecule has 1 rings (SSSR count). The molecular formula is C33H78O10Si7. The predicted octanol–water partition coefficient (Wildman–Crippen LogP) is 8.49. The third-order valence-electron chi connectivity index (χ3n) is 6.80. The lowest BCUT2D eigenvalue weighted by Gasteiger charge is -2.51. The highest BCUT2D eigenvalue weighted by atomic mass is 28.4. The minimum Gasteiger partial charge on any atom is -0.415 e. The molecular weight excluding hydrogens is 753 g/mol. The molecule has 0 saturated carbocycles. The molecule has 0 aromatic heterocycles. The van der Waals surface area contributed by atoms with Gasteiger partial charge >= 0.3 is 0 Å². The van der Waals surface area contributed by atoms with Crippen LogP contribution in [0.5, 0.6) is 0 Å². The first-order valence-electron chi connectivity index (χ1n) is 18.5. The Labute approximate surface area is 314 Å². The average molecular weight is 832 g/mol. The Morgan fingerprint density at radius 2 is 0.940 bits per heavy atom. The largest absolute Gasteiger partial charge is 0.415 e. The van der Waals surface area contributed by atoms with Gasteiger partial charge in [-0.15, -0.1) is 0 Å². The van der Waals surface area contributed by atoms with Crippen LogP contribution in [0, 0.1) is 0 Å². The van der Waals surface area contributed by atoms with Crippen LogP contribution >= 0.6 is 0 Å². The topological polar surface area (TPSA) is 100 Å². The summed E-state index contributed by atoms with van der Waals surface area (Å²) >= 11 is 0. The lowest BCUT2D eigenvalue weighted by atomic mass is 9.99. The van der Waals surface area contributed by atoms with Gasteiger partial charge in [-0.05, 0) is 144 Å². The number of ether oxygens (including phenoxy) is 2. The summed E-state index contributed by atoms with van der Waals surface area (Å²) in [6.45, 7) is 47.5. The predicted molar refractivity (Wildman–Crippen MR) is 224 cm³/mol. The van der Waals surface area contributed by atoms with E-state index >= 15 is 0 Å². The van der Waals surface area contributed by atoms with Crippen molar-refractivity contribution < 1.29 is 45.3 Å². The summed E-state index contributed by atoms with van der Waals surface area (Å²) in [5.41, 5.74) is 0. The maximum atomic E-state index is 13.2. The first kappa shape index (κ1) is 48.8. The number of aldehydes is 1. The Morgan fingerprint density at radius 1 is 0.520 bits per heavy atom. The molecule has 0 amide bonds. The van der Waals surface area contributed by atoms with Gasteiger partial charge in [-0.3, -0.25) is 0 Å². The van der Waals surface area contributed by atoms with Crippen molar-refractivity contribution in [3.8, 4) is 0 Å². The molecule has 0 radical (unpaired) electrons. The molecule has 1 fully saturated rings. The molecule has 17 heteroatoms. The van der Waals surface area contributed by atoms with Crippen molar-refractivity contribution in [1.82, 2.24) is 0 Å². The zero-order valence-corrected chi connectivity index (χ0v) is 43.1. The summed E-state index contributed by atoms with van der Waals surface area (Å²) in [5.74, 6) is 0. The van der Waals surface area contributed by atoms with Crippen LogP contribution in [0.15, 0.2) is 0 Å². The molecule has 0 aromatic rings. The number of hydrogen-bond acceptors (Lipinski definition) is 10. The molecule has 1 saturated heterocycles. The van der Waals surface area contributed by atoms with Crippen molar-refractivity contribution in [2.45, 2.75) is 200 Å². The van der Waals surface area contributed by atoms with Crippen molar-refractivity contribution in [1.29, 1.82) is 0 Å². The summed E-state index contributed by atoms with van der Waals surface area (Å²) in [6.07, 6.45) is -4.83. The van der Waals surface area contributed by atoms with E-state index in [1.807, 2.05) is 6.92 Å². The molecule has 50 heavy (non-hydrogen) atoms. The van der Waals surface area contributed by atoms with E-state index in [1.165, 1.54) is 0 Å². The van der Waals surface area contributed by atoms with Gasteiger partial charge in [-0.25, -0.2) is 0 Å². The highest BCUT2D eigenvalue weighted by molar-refractivity contribution is 6.72. The number of rotatable bonds is 21. The van der Waals surface area contributed by atoms with Crippen LogP contribution in [0.3, 0.4) is 0 Å². The molecule has 1 heterocycles. The van der Waals surface area contributed by atoms with Crippen LogP contribution in [0.2, 0.25) is 137 Å². The van der Waals surface area contributed by atoms with E-state index in [9.17, 15) is 4.79 Å². The highest BCUT2D eigenvalue weighted by Crippen LogP contribution is 2.36. The normalized spacial score (nSPS) is 26.0. The standard InChI is InChI=1S/C33H78O10Si7/c1-25-28(40-47(11,12)13)31(42-49(17,18)19)32(43-50(20,21)22)33(36-25)37-29(26(23-34)38-45(5,6)7)30(41-48(14,15)16)27(39-46(8,9)10)24-35-44(2,3)4/h23,25-33H,24H2,1-22H3/t25-,26?,27?,28-,29?,30?,31+,32-,33?/m1/s1. The monoisotopic (exact) mass is 830 g/mol. The maximum absolute atomic E-state index is 13.2. The summed E-state index contributed by atoms with van der Waals surface area (Å²) < 4.78 is 62.0. The van der Waals surface area contributed by atoms with Gasteiger partial charge in [-0.1, -0.05) is 0 Å². The van der Waals surface area contributed by atoms with Crippen molar-refractivity contribution in [3.05, 3.63) is 0 Å². The van der Waals surface area contributed by atoms with Crippen LogP contribution in [-0.2, 0) is 45.3 Å². The fourth-order valence-corrected chi connectivity index (χ4v) is 12.7. The molecule has 0 aromatic carbocycles. The first-order valence-corrected chi connectivity index (χ1v) is 42.3. The van der Waals surface area contributed by atoms with Crippen LogP contribution < -0.4 is 0 Å². The first-order chi connectivity index (χ1) is 22.0. The average Bonchev–Trinajstić information content (AvgIpc) is 2.82. The van der Waals surface area contributed by atoms with Gasteiger partial charge in [0, 0.05) is 0 Å². The molecule has 0 bridgehead atoms. The van der Waals surface area contributed by atoms with Crippen LogP contribution in [0.25, 0.3) is 0 Å². The summed E-state index contributed by atoms with van der Waals surface area (Å²) in [5, 5.41) is 0. The van der Waals surface area contributed by atoms with Crippen molar-refractivity contribution in [2.24, 2.45) is 0 Å². The van der Waals surface area contributed by atoms with E-state index in [2.05, 4.69) is 137 Å². The van der Waals surface area contributed by atoms with Crippen molar-refractivity contribution in [2.75, 3.05) is 6.61 Å². The van der Waals surface area contributed by atoms with Crippen LogP contribution in [0.1, 0.15) is 6.92 Å². The van der Waals surface area contributed by atoms with E-state index in [0.29, 0.717) is 6.61 Å². The molecule has 9 atom stereocenters. The maximum Gasteiger partial charge on any atom is 0.186 e. The molecule has 0 spiro atoms. The zero-order chi connectivity index (χ0) is 39.5. The summed E-state index contributed by atoms with van der Waals surface area (Å²) in [4.78, 5) is 13.2. The van der Waals surface area contributed by atoms with Gasteiger partial charge < -0.3 is 45.3 Å². The third kappa shape index (κ3) is 19.9. The quantitative estimate of drug-likeness (QED) is 0.0828. The second-order valence-electron chi connectivity index (χ2n) is 20.6. The number of hydrogen-bond donors (Lipinski definition) is 0. The molecule has 298 valence electrons. The molecule has 1 aliphatic rings. The van der Waals surface area contributed by atoms with E-state index in [0.717, 1.165) is 6.29 Å². The molecule has 10 nitrogen and oxygen atoms in total. The van der Waals surface area contributed by atoms with Crippen molar-refractivity contribution >= 4 is 64.5 Å². The lowest BCUT2D eigenvalue weighted by Crippen LogP contribution is -2.67. The Hall–Kier alpha value is 0.828. The molecule has 5 unspecified atom stereocenters. The van der Waals surface area contributed by atoms with Crippen LogP contribution in [0.4, 0.5) is 0 Å². The zero-order valence-electron chi connectivity index (χ0n) is 36.1. The summed E-state index contributed by atoms with van der Waals surface area (Å²) in [7, 11) is -15.0. The van der Waals surface area contributed by atoms with Gasteiger partial charge in [0.2, 0.25) is 0 Å². The van der Waals surface area contributed by atoms with E-state index in [-0.39, 0.29) is 12.2 Å². The second kappa shape index (κ2) is 18.2. The second-order valence-corrected chi connectivity index (χ2v) is 51.9. The van der Waals surface area contributed by atoms with E-state index < -0.39 is 101 Å². The fourth-order valence-electron chi connectivity index (χ4n) is 5.55.